The summed E-state index contributed by atoms with van der Waals surface area (Å²) in [6.07, 6.45) is 3.64. The van der Waals surface area contributed by atoms with Gasteiger partial charge in [0.05, 0.1) is 6.26 Å². The van der Waals surface area contributed by atoms with Crippen LogP contribution in [0.3, 0.4) is 0 Å². The van der Waals surface area contributed by atoms with Crippen molar-refractivity contribution in [2.24, 2.45) is 0 Å². The first-order valence-electron chi connectivity index (χ1n) is 6.39. The molecule has 7 heteroatoms. The van der Waals surface area contributed by atoms with Gasteiger partial charge >= 0.3 is 0 Å². The van der Waals surface area contributed by atoms with Gasteiger partial charge in [0.15, 0.2) is 16.6 Å². The molecule has 1 amide bonds. The highest BCUT2D eigenvalue weighted by Crippen LogP contribution is 2.25. The smallest absolute Gasteiger partial charge is 0.225 e. The quantitative estimate of drug-likeness (QED) is 0.800. The molecule has 0 radical (unpaired) electrons. The van der Waals surface area contributed by atoms with Crippen molar-refractivity contribution in [2.75, 3.05) is 5.32 Å². The van der Waals surface area contributed by atoms with Crippen LogP contribution in [0.4, 0.5) is 5.82 Å². The van der Waals surface area contributed by atoms with Crippen LogP contribution in [-0.4, -0.2) is 20.9 Å². The second kappa shape index (κ2) is 5.84. The number of furan rings is 1. The molecule has 3 rings (SSSR count). The average molecular weight is 300 g/mol. The third-order valence-electron chi connectivity index (χ3n) is 2.71. The van der Waals surface area contributed by atoms with E-state index in [1.165, 1.54) is 11.3 Å². The fourth-order valence-electron chi connectivity index (χ4n) is 1.72. The Balaban J connectivity index is 2.06. The van der Waals surface area contributed by atoms with E-state index in [0.29, 0.717) is 34.5 Å². The van der Waals surface area contributed by atoms with E-state index in [9.17, 15) is 4.79 Å². The zero-order chi connectivity index (χ0) is 14.7. The minimum absolute atomic E-state index is 0.107. The summed E-state index contributed by atoms with van der Waals surface area (Å²) in [5.41, 5.74) is 0.603. The first-order valence-corrected chi connectivity index (χ1v) is 7.27. The molecule has 0 aliphatic rings. The van der Waals surface area contributed by atoms with E-state index in [1.54, 1.807) is 37.6 Å². The normalized spacial score (nSPS) is 10.5. The Kier molecular flexibility index (Phi) is 3.74. The molecule has 0 fully saturated rings. The van der Waals surface area contributed by atoms with Gasteiger partial charge in [-0.2, -0.15) is 0 Å². The number of thiazole rings is 1. The van der Waals surface area contributed by atoms with Crippen molar-refractivity contribution in [2.45, 2.75) is 13.3 Å². The number of nitrogens with zero attached hydrogens (tertiary/aromatic N) is 3. The average Bonchev–Trinajstić information content (AvgIpc) is 3.20. The van der Waals surface area contributed by atoms with Crippen molar-refractivity contribution < 1.29 is 9.21 Å². The van der Waals surface area contributed by atoms with Gasteiger partial charge in [-0.1, -0.05) is 6.92 Å². The molecule has 106 valence electrons. The standard InChI is InChI=1S/C14H12N4O2S/c1-2-12(19)17-11-8-9(10-4-3-6-20-10)16-13(18-11)14-15-5-7-21-14/h3-8H,2H2,1H3,(H,16,17,18,19). The van der Waals surface area contributed by atoms with Gasteiger partial charge in [-0.25, -0.2) is 15.0 Å². The zero-order valence-electron chi connectivity index (χ0n) is 11.2. The molecule has 0 aliphatic carbocycles. The summed E-state index contributed by atoms with van der Waals surface area (Å²) in [6, 6.07) is 5.27. The van der Waals surface area contributed by atoms with Crippen LogP contribution in [0.1, 0.15) is 13.3 Å². The number of carbonyl (C=O) groups excluding carboxylic acids is 1. The van der Waals surface area contributed by atoms with Gasteiger partial charge < -0.3 is 9.73 Å². The van der Waals surface area contributed by atoms with Crippen LogP contribution in [0.2, 0.25) is 0 Å². The molecule has 0 saturated heterocycles. The molecule has 3 aromatic rings. The molecule has 0 bridgehead atoms. The summed E-state index contributed by atoms with van der Waals surface area (Å²) in [5, 5.41) is 5.28. The summed E-state index contributed by atoms with van der Waals surface area (Å²) >= 11 is 1.44. The number of carbonyl (C=O) groups is 1. The van der Waals surface area contributed by atoms with Crippen LogP contribution < -0.4 is 5.32 Å². The molecule has 21 heavy (non-hydrogen) atoms. The lowest BCUT2D eigenvalue weighted by Gasteiger charge is -2.06. The van der Waals surface area contributed by atoms with Crippen LogP contribution in [0, 0.1) is 0 Å². The monoisotopic (exact) mass is 300 g/mol. The number of hydrogen-bond donors (Lipinski definition) is 1. The Morgan fingerprint density at radius 1 is 1.43 bits per heavy atom. The van der Waals surface area contributed by atoms with Crippen LogP contribution in [0.15, 0.2) is 40.5 Å². The van der Waals surface area contributed by atoms with Crippen molar-refractivity contribution in [3.05, 3.63) is 36.0 Å². The van der Waals surface area contributed by atoms with Crippen LogP contribution in [0.25, 0.3) is 22.3 Å². The Hall–Kier alpha value is -2.54. The number of nitrogens with one attached hydrogen (secondary N) is 1. The van der Waals surface area contributed by atoms with E-state index in [1.807, 2.05) is 5.38 Å². The van der Waals surface area contributed by atoms with Crippen molar-refractivity contribution >= 4 is 23.1 Å². The first kappa shape index (κ1) is 13.4. The molecule has 0 unspecified atom stereocenters. The Morgan fingerprint density at radius 2 is 2.33 bits per heavy atom. The predicted octanol–water partition coefficient (Wildman–Crippen LogP) is 3.21. The van der Waals surface area contributed by atoms with Crippen molar-refractivity contribution in [1.82, 2.24) is 15.0 Å². The fourth-order valence-corrected chi connectivity index (χ4v) is 2.29. The molecule has 6 nitrogen and oxygen atoms in total. The maximum absolute atomic E-state index is 11.6. The van der Waals surface area contributed by atoms with Crippen molar-refractivity contribution in [3.63, 3.8) is 0 Å². The topological polar surface area (TPSA) is 80.9 Å². The van der Waals surface area contributed by atoms with E-state index in [-0.39, 0.29) is 5.91 Å². The molecular formula is C14H12N4O2S. The van der Waals surface area contributed by atoms with Gasteiger partial charge in [0, 0.05) is 24.1 Å². The molecule has 0 aliphatic heterocycles. The number of hydrogen-bond acceptors (Lipinski definition) is 6. The zero-order valence-corrected chi connectivity index (χ0v) is 12.1. The highest BCUT2D eigenvalue weighted by Gasteiger charge is 2.13. The minimum atomic E-state index is -0.107. The highest BCUT2D eigenvalue weighted by molar-refractivity contribution is 7.13. The number of aromatic nitrogens is 3. The Bertz CT molecular complexity index is 686. The lowest BCUT2D eigenvalue weighted by molar-refractivity contribution is -0.115. The van der Waals surface area contributed by atoms with Crippen LogP contribution in [0.5, 0.6) is 0 Å². The van der Waals surface area contributed by atoms with E-state index in [0.717, 1.165) is 0 Å². The maximum Gasteiger partial charge on any atom is 0.225 e. The van der Waals surface area contributed by atoms with Crippen LogP contribution >= 0.6 is 11.3 Å². The number of amides is 1. The lowest BCUT2D eigenvalue weighted by atomic mass is 10.3. The summed E-state index contributed by atoms with van der Waals surface area (Å²) in [7, 11) is 0. The first-order chi connectivity index (χ1) is 10.3. The van der Waals surface area contributed by atoms with Gasteiger partial charge in [-0.05, 0) is 12.1 Å². The summed E-state index contributed by atoms with van der Waals surface area (Å²) in [5.74, 6) is 1.41. The molecule has 3 aromatic heterocycles. The SMILES string of the molecule is CCC(=O)Nc1cc(-c2ccco2)nc(-c2nccs2)n1. The third kappa shape index (κ3) is 2.97. The fraction of sp³-hybridized carbons (Fsp3) is 0.143. The predicted molar refractivity (Wildman–Crippen MR) is 79.8 cm³/mol. The molecular weight excluding hydrogens is 288 g/mol. The second-order valence-electron chi connectivity index (χ2n) is 4.18. The van der Waals surface area contributed by atoms with E-state index in [2.05, 4.69) is 20.3 Å². The molecule has 1 N–H and O–H groups in total. The third-order valence-corrected chi connectivity index (χ3v) is 3.48. The largest absolute Gasteiger partial charge is 0.463 e. The summed E-state index contributed by atoms with van der Waals surface area (Å²) < 4.78 is 5.36. The van der Waals surface area contributed by atoms with Gasteiger partial charge in [-0.15, -0.1) is 11.3 Å². The van der Waals surface area contributed by atoms with E-state index in [4.69, 9.17) is 4.42 Å². The van der Waals surface area contributed by atoms with E-state index < -0.39 is 0 Å². The van der Waals surface area contributed by atoms with Gasteiger partial charge in [0.1, 0.15) is 11.5 Å². The summed E-state index contributed by atoms with van der Waals surface area (Å²) in [4.78, 5) is 24.5. The minimum Gasteiger partial charge on any atom is -0.463 e. The molecule has 0 saturated carbocycles. The van der Waals surface area contributed by atoms with Gasteiger partial charge in [0.2, 0.25) is 5.91 Å². The molecule has 0 aromatic carbocycles. The molecule has 3 heterocycles. The second-order valence-corrected chi connectivity index (χ2v) is 5.07. The van der Waals surface area contributed by atoms with Crippen LogP contribution in [-0.2, 0) is 4.79 Å². The lowest BCUT2D eigenvalue weighted by Crippen LogP contribution is -2.11. The van der Waals surface area contributed by atoms with Crippen molar-refractivity contribution in [3.8, 4) is 22.3 Å². The highest BCUT2D eigenvalue weighted by atomic mass is 32.1. The Morgan fingerprint density at radius 3 is 3.00 bits per heavy atom. The molecule has 0 atom stereocenters. The summed E-state index contributed by atoms with van der Waals surface area (Å²) in [6.45, 7) is 1.78. The van der Waals surface area contributed by atoms with Gasteiger partial charge in [0.25, 0.3) is 0 Å². The molecule has 0 spiro atoms. The number of rotatable bonds is 4. The van der Waals surface area contributed by atoms with Crippen molar-refractivity contribution in [1.29, 1.82) is 0 Å². The van der Waals surface area contributed by atoms with Gasteiger partial charge in [-0.3, -0.25) is 4.79 Å². The Labute approximate surface area is 124 Å². The number of anilines is 1. The van der Waals surface area contributed by atoms with E-state index >= 15 is 0 Å². The maximum atomic E-state index is 11.6.